The monoisotopic (exact) mass is 323 g/mol. The molecule has 0 fully saturated rings. The summed E-state index contributed by atoms with van der Waals surface area (Å²) in [5.74, 6) is 0.873. The van der Waals surface area contributed by atoms with Crippen molar-refractivity contribution in [3.05, 3.63) is 51.9 Å². The lowest BCUT2D eigenvalue weighted by Crippen LogP contribution is -2.01. The molecule has 0 bridgehead atoms. The van der Waals surface area contributed by atoms with Crippen LogP contribution in [0.5, 0.6) is 0 Å². The maximum Gasteiger partial charge on any atom is 0.341 e. The number of rotatable bonds is 4. The average Bonchev–Trinajstić information content (AvgIpc) is 2.78. The van der Waals surface area contributed by atoms with Gasteiger partial charge in [0.25, 0.3) is 0 Å². The van der Waals surface area contributed by atoms with Crippen LogP contribution in [0.2, 0.25) is 0 Å². The third kappa shape index (κ3) is 3.17. The van der Waals surface area contributed by atoms with E-state index in [-0.39, 0.29) is 5.97 Å². The fourth-order valence-corrected chi connectivity index (χ4v) is 2.16. The Hall–Kier alpha value is -1.75. The molecular weight excluding hydrogens is 310 g/mol. The molecule has 1 N–H and O–H groups in total. The van der Waals surface area contributed by atoms with Gasteiger partial charge in [0.05, 0.1) is 13.7 Å². The summed E-state index contributed by atoms with van der Waals surface area (Å²) in [6.45, 7) is 2.24. The number of anilines is 1. The fourth-order valence-electron chi connectivity index (χ4n) is 1.73. The number of para-hydroxylation sites is 1. The van der Waals surface area contributed by atoms with E-state index in [2.05, 4.69) is 26.0 Å². The van der Waals surface area contributed by atoms with Gasteiger partial charge in [0.1, 0.15) is 17.1 Å². The average molecular weight is 324 g/mol. The third-order valence-electron chi connectivity index (χ3n) is 2.70. The SMILES string of the molecule is COC(=O)c1cc(CNc2ccccc2Br)oc1C. The lowest BCUT2D eigenvalue weighted by molar-refractivity contribution is 0.0599. The molecule has 100 valence electrons. The number of carbonyl (C=O) groups is 1. The van der Waals surface area contributed by atoms with Crippen LogP contribution in [0.1, 0.15) is 21.9 Å². The molecule has 0 spiro atoms. The summed E-state index contributed by atoms with van der Waals surface area (Å²) in [5.41, 5.74) is 1.43. The van der Waals surface area contributed by atoms with Crippen molar-refractivity contribution < 1.29 is 13.9 Å². The van der Waals surface area contributed by atoms with E-state index in [1.165, 1.54) is 7.11 Å². The molecule has 0 aliphatic heterocycles. The molecule has 5 heteroatoms. The minimum Gasteiger partial charge on any atom is -0.465 e. The molecule has 2 rings (SSSR count). The number of hydrogen-bond donors (Lipinski definition) is 1. The van der Waals surface area contributed by atoms with Gasteiger partial charge in [-0.3, -0.25) is 0 Å². The molecule has 0 unspecified atom stereocenters. The van der Waals surface area contributed by atoms with Crippen molar-refractivity contribution in [2.24, 2.45) is 0 Å². The van der Waals surface area contributed by atoms with Crippen LogP contribution in [-0.2, 0) is 11.3 Å². The number of hydrogen-bond acceptors (Lipinski definition) is 4. The first-order valence-corrected chi connectivity index (χ1v) is 6.57. The van der Waals surface area contributed by atoms with Gasteiger partial charge in [-0.15, -0.1) is 0 Å². The fraction of sp³-hybridized carbons (Fsp3) is 0.214. The standard InChI is InChI=1S/C14H14BrNO3/c1-9-11(14(17)18-2)7-10(19-9)8-16-13-6-4-3-5-12(13)15/h3-7,16H,8H2,1-2H3. The number of halogens is 1. The number of ether oxygens (including phenoxy) is 1. The highest BCUT2D eigenvalue weighted by molar-refractivity contribution is 9.10. The molecule has 1 heterocycles. The highest BCUT2D eigenvalue weighted by Crippen LogP contribution is 2.23. The van der Waals surface area contributed by atoms with Crippen molar-refractivity contribution in [3.63, 3.8) is 0 Å². The highest BCUT2D eigenvalue weighted by atomic mass is 79.9. The summed E-state index contributed by atoms with van der Waals surface area (Å²) in [6, 6.07) is 9.50. The molecule has 2 aromatic rings. The van der Waals surface area contributed by atoms with E-state index in [0.29, 0.717) is 23.6 Å². The van der Waals surface area contributed by atoms with E-state index < -0.39 is 0 Å². The van der Waals surface area contributed by atoms with Crippen molar-refractivity contribution in [1.29, 1.82) is 0 Å². The Labute approximate surface area is 119 Å². The molecule has 1 aromatic heterocycles. The van der Waals surface area contributed by atoms with Crippen molar-refractivity contribution >= 4 is 27.6 Å². The second-order valence-electron chi connectivity index (χ2n) is 4.01. The van der Waals surface area contributed by atoms with Crippen LogP contribution in [0.25, 0.3) is 0 Å². The number of benzene rings is 1. The van der Waals surface area contributed by atoms with Gasteiger partial charge in [-0.2, -0.15) is 0 Å². The summed E-state index contributed by atoms with van der Waals surface area (Å²) in [6.07, 6.45) is 0. The van der Waals surface area contributed by atoms with Gasteiger partial charge < -0.3 is 14.5 Å². The first-order chi connectivity index (χ1) is 9.11. The van der Waals surface area contributed by atoms with Crippen molar-refractivity contribution in [1.82, 2.24) is 0 Å². The van der Waals surface area contributed by atoms with Crippen LogP contribution >= 0.6 is 15.9 Å². The maximum absolute atomic E-state index is 11.5. The molecule has 1 aromatic carbocycles. The van der Waals surface area contributed by atoms with Crippen molar-refractivity contribution in [2.75, 3.05) is 12.4 Å². The normalized spacial score (nSPS) is 10.3. The highest BCUT2D eigenvalue weighted by Gasteiger charge is 2.15. The summed E-state index contributed by atoms with van der Waals surface area (Å²) in [5, 5.41) is 3.23. The maximum atomic E-state index is 11.5. The minimum absolute atomic E-state index is 0.381. The summed E-state index contributed by atoms with van der Waals surface area (Å²) in [4.78, 5) is 11.5. The second kappa shape index (κ2) is 5.93. The number of methoxy groups -OCH3 is 1. The number of furan rings is 1. The Kier molecular flexibility index (Phi) is 4.27. The number of nitrogens with one attached hydrogen (secondary N) is 1. The summed E-state index contributed by atoms with van der Waals surface area (Å²) < 4.78 is 11.2. The number of esters is 1. The van der Waals surface area contributed by atoms with Crippen LogP contribution in [0.3, 0.4) is 0 Å². The van der Waals surface area contributed by atoms with Gasteiger partial charge in [-0.05, 0) is 41.1 Å². The smallest absolute Gasteiger partial charge is 0.341 e. The van der Waals surface area contributed by atoms with Gasteiger partial charge in [0.15, 0.2) is 0 Å². The predicted octanol–water partition coefficient (Wildman–Crippen LogP) is 3.75. The zero-order chi connectivity index (χ0) is 13.8. The molecular formula is C14H14BrNO3. The molecule has 0 aliphatic rings. The molecule has 19 heavy (non-hydrogen) atoms. The lowest BCUT2D eigenvalue weighted by atomic mass is 10.2. The van der Waals surface area contributed by atoms with Crippen LogP contribution in [0.15, 0.2) is 39.2 Å². The minimum atomic E-state index is -0.381. The Balaban J connectivity index is 2.09. The van der Waals surface area contributed by atoms with Crippen LogP contribution in [0, 0.1) is 6.92 Å². The quantitative estimate of drug-likeness (QED) is 0.870. The molecule has 4 nitrogen and oxygen atoms in total. The second-order valence-corrected chi connectivity index (χ2v) is 4.86. The van der Waals surface area contributed by atoms with E-state index in [4.69, 9.17) is 4.42 Å². The van der Waals surface area contributed by atoms with Crippen molar-refractivity contribution in [2.45, 2.75) is 13.5 Å². The Morgan fingerprint density at radius 1 is 1.42 bits per heavy atom. The van der Waals surface area contributed by atoms with Crippen LogP contribution < -0.4 is 5.32 Å². The van der Waals surface area contributed by atoms with Gasteiger partial charge in [-0.1, -0.05) is 12.1 Å². The lowest BCUT2D eigenvalue weighted by Gasteiger charge is -2.05. The van der Waals surface area contributed by atoms with E-state index >= 15 is 0 Å². The number of aryl methyl sites for hydroxylation is 1. The van der Waals surface area contributed by atoms with E-state index in [1.807, 2.05) is 24.3 Å². The van der Waals surface area contributed by atoms with Gasteiger partial charge in [0, 0.05) is 10.2 Å². The first kappa shape index (κ1) is 13.7. The third-order valence-corrected chi connectivity index (χ3v) is 3.39. The van der Waals surface area contributed by atoms with Gasteiger partial charge >= 0.3 is 5.97 Å². The summed E-state index contributed by atoms with van der Waals surface area (Å²) in [7, 11) is 1.35. The zero-order valence-corrected chi connectivity index (χ0v) is 12.3. The number of carbonyl (C=O) groups excluding carboxylic acids is 1. The van der Waals surface area contributed by atoms with Crippen molar-refractivity contribution in [3.8, 4) is 0 Å². The largest absolute Gasteiger partial charge is 0.465 e. The molecule has 0 saturated heterocycles. The zero-order valence-electron chi connectivity index (χ0n) is 10.7. The van der Waals surface area contributed by atoms with Crippen LogP contribution in [0.4, 0.5) is 5.69 Å². The van der Waals surface area contributed by atoms with Crippen LogP contribution in [-0.4, -0.2) is 13.1 Å². The molecule has 0 atom stereocenters. The van der Waals surface area contributed by atoms with Gasteiger partial charge in [-0.25, -0.2) is 4.79 Å². The Morgan fingerprint density at radius 3 is 2.84 bits per heavy atom. The molecule has 0 radical (unpaired) electrons. The van der Waals surface area contributed by atoms with E-state index in [1.54, 1.807) is 13.0 Å². The molecule has 0 aliphatic carbocycles. The Bertz CT molecular complexity index is 592. The first-order valence-electron chi connectivity index (χ1n) is 5.78. The van der Waals surface area contributed by atoms with Gasteiger partial charge in [0.2, 0.25) is 0 Å². The Morgan fingerprint density at radius 2 is 2.16 bits per heavy atom. The van der Waals surface area contributed by atoms with E-state index in [0.717, 1.165) is 10.2 Å². The topological polar surface area (TPSA) is 51.5 Å². The van der Waals surface area contributed by atoms with E-state index in [9.17, 15) is 4.79 Å². The summed E-state index contributed by atoms with van der Waals surface area (Å²) >= 11 is 3.46. The molecule has 0 saturated carbocycles. The predicted molar refractivity (Wildman–Crippen MR) is 76.3 cm³/mol. The molecule has 0 amide bonds.